The molecule has 1 saturated heterocycles. The summed E-state index contributed by atoms with van der Waals surface area (Å²) < 4.78 is 1.14. The number of rotatable bonds is 2. The molecule has 0 bridgehead atoms. The molecule has 1 aliphatic rings. The molecule has 0 aliphatic carbocycles. The third kappa shape index (κ3) is 2.29. The molecule has 0 N–H and O–H groups in total. The molecule has 1 aromatic carbocycles. The van der Waals surface area contributed by atoms with Crippen molar-refractivity contribution in [1.82, 2.24) is 4.98 Å². The van der Waals surface area contributed by atoms with E-state index in [0.29, 0.717) is 12.0 Å². The summed E-state index contributed by atoms with van der Waals surface area (Å²) in [5.41, 5.74) is 0. The number of nitrogens with zero attached hydrogens (tertiary/aromatic N) is 2. The van der Waals surface area contributed by atoms with Crippen molar-refractivity contribution in [2.24, 2.45) is 5.92 Å². The fraction of sp³-hybridized carbons (Fsp3) is 0.400. The van der Waals surface area contributed by atoms with Gasteiger partial charge in [-0.2, -0.15) is 0 Å². The van der Waals surface area contributed by atoms with Gasteiger partial charge in [0.05, 0.1) is 0 Å². The van der Waals surface area contributed by atoms with Crippen LogP contribution in [0.5, 0.6) is 0 Å². The van der Waals surface area contributed by atoms with E-state index in [-0.39, 0.29) is 0 Å². The molecule has 100 valence electrons. The summed E-state index contributed by atoms with van der Waals surface area (Å²) in [6.45, 7) is 3.42. The Labute approximate surface area is 130 Å². The Kier molecular flexibility index (Phi) is 3.81. The average molecular weight is 384 g/mol. The van der Waals surface area contributed by atoms with Crippen LogP contribution in [-0.2, 0) is 0 Å². The van der Waals surface area contributed by atoms with Crippen LogP contribution in [0.15, 0.2) is 34.9 Å². The SMILES string of the molecule is CC1CCN(c2nccc3c(Br)cccc23)C1CBr. The van der Waals surface area contributed by atoms with Crippen LogP contribution in [-0.4, -0.2) is 22.9 Å². The van der Waals surface area contributed by atoms with Crippen LogP contribution >= 0.6 is 31.9 Å². The lowest BCUT2D eigenvalue weighted by Gasteiger charge is -2.27. The smallest absolute Gasteiger partial charge is 0.136 e. The molecule has 2 atom stereocenters. The molecule has 0 radical (unpaired) electrons. The minimum atomic E-state index is 0.539. The molecular formula is C15H16Br2N2. The van der Waals surface area contributed by atoms with Crippen LogP contribution in [0.4, 0.5) is 5.82 Å². The fourth-order valence-electron chi connectivity index (χ4n) is 2.89. The average Bonchev–Trinajstić information content (AvgIpc) is 2.79. The Hall–Kier alpha value is -0.610. The van der Waals surface area contributed by atoms with Crippen molar-refractivity contribution in [2.75, 3.05) is 16.8 Å². The minimum Gasteiger partial charge on any atom is -0.352 e. The van der Waals surface area contributed by atoms with E-state index in [1.54, 1.807) is 0 Å². The summed E-state index contributed by atoms with van der Waals surface area (Å²) >= 11 is 7.28. The van der Waals surface area contributed by atoms with Gasteiger partial charge in [-0.1, -0.05) is 50.9 Å². The highest BCUT2D eigenvalue weighted by Gasteiger charge is 2.31. The van der Waals surface area contributed by atoms with Gasteiger partial charge in [0.15, 0.2) is 0 Å². The molecule has 19 heavy (non-hydrogen) atoms. The summed E-state index contributed by atoms with van der Waals surface area (Å²) in [7, 11) is 0. The summed E-state index contributed by atoms with van der Waals surface area (Å²) in [4.78, 5) is 7.10. The van der Waals surface area contributed by atoms with Crippen molar-refractivity contribution in [3.8, 4) is 0 Å². The van der Waals surface area contributed by atoms with Gasteiger partial charge < -0.3 is 4.90 Å². The van der Waals surface area contributed by atoms with Crippen LogP contribution in [0, 0.1) is 5.92 Å². The summed E-state index contributed by atoms with van der Waals surface area (Å²) in [6, 6.07) is 8.94. The van der Waals surface area contributed by atoms with E-state index in [1.165, 1.54) is 17.2 Å². The van der Waals surface area contributed by atoms with Crippen molar-refractivity contribution in [3.63, 3.8) is 0 Å². The molecule has 2 heterocycles. The number of halogens is 2. The van der Waals surface area contributed by atoms with Crippen LogP contribution in [0.25, 0.3) is 10.8 Å². The second-order valence-electron chi connectivity index (χ2n) is 5.15. The first-order valence-electron chi connectivity index (χ1n) is 6.58. The first kappa shape index (κ1) is 13.4. The van der Waals surface area contributed by atoms with Crippen molar-refractivity contribution in [1.29, 1.82) is 0 Å². The van der Waals surface area contributed by atoms with Crippen molar-refractivity contribution < 1.29 is 0 Å². The van der Waals surface area contributed by atoms with Gasteiger partial charge in [0.1, 0.15) is 5.82 Å². The van der Waals surface area contributed by atoms with Gasteiger partial charge in [-0.25, -0.2) is 4.98 Å². The van der Waals surface area contributed by atoms with E-state index in [4.69, 9.17) is 0 Å². The monoisotopic (exact) mass is 382 g/mol. The highest BCUT2D eigenvalue weighted by molar-refractivity contribution is 9.10. The topological polar surface area (TPSA) is 16.1 Å². The molecule has 2 nitrogen and oxygen atoms in total. The third-order valence-electron chi connectivity index (χ3n) is 4.04. The molecule has 1 aliphatic heterocycles. The van der Waals surface area contributed by atoms with Crippen molar-refractivity contribution in [2.45, 2.75) is 19.4 Å². The molecule has 0 amide bonds. The normalized spacial score (nSPS) is 23.2. The maximum absolute atomic E-state index is 4.65. The number of pyridine rings is 1. The number of anilines is 1. The fourth-order valence-corrected chi connectivity index (χ4v) is 4.37. The predicted molar refractivity (Wildman–Crippen MR) is 88.2 cm³/mol. The number of aromatic nitrogens is 1. The largest absolute Gasteiger partial charge is 0.352 e. The zero-order valence-electron chi connectivity index (χ0n) is 10.8. The summed E-state index contributed by atoms with van der Waals surface area (Å²) in [5, 5.41) is 3.47. The summed E-state index contributed by atoms with van der Waals surface area (Å²) in [6.07, 6.45) is 3.15. The van der Waals surface area contributed by atoms with Crippen LogP contribution in [0.1, 0.15) is 13.3 Å². The van der Waals surface area contributed by atoms with E-state index in [0.717, 1.165) is 22.2 Å². The molecule has 2 aromatic rings. The Balaban J connectivity index is 2.13. The lowest BCUT2D eigenvalue weighted by Crippen LogP contribution is -2.34. The Morgan fingerprint density at radius 3 is 2.95 bits per heavy atom. The minimum absolute atomic E-state index is 0.539. The second-order valence-corrected chi connectivity index (χ2v) is 6.65. The van der Waals surface area contributed by atoms with E-state index in [2.05, 4.69) is 72.9 Å². The summed E-state index contributed by atoms with van der Waals surface area (Å²) in [5.74, 6) is 1.83. The maximum Gasteiger partial charge on any atom is 0.136 e. The standard InChI is InChI=1S/C15H16Br2N2/c1-10-6-8-19(14(10)9-16)15-12-3-2-4-13(17)11(12)5-7-18-15/h2-5,7,10,14H,6,8-9H2,1H3. The zero-order chi connectivity index (χ0) is 13.4. The zero-order valence-corrected chi connectivity index (χ0v) is 14.0. The van der Waals surface area contributed by atoms with Gasteiger partial charge in [-0.3, -0.25) is 0 Å². The molecule has 0 saturated carbocycles. The van der Waals surface area contributed by atoms with E-state index < -0.39 is 0 Å². The molecular weight excluding hydrogens is 368 g/mol. The lowest BCUT2D eigenvalue weighted by molar-refractivity contribution is 0.553. The highest BCUT2D eigenvalue weighted by atomic mass is 79.9. The molecule has 4 heteroatoms. The van der Waals surface area contributed by atoms with Gasteiger partial charge in [-0.05, 0) is 24.5 Å². The van der Waals surface area contributed by atoms with Gasteiger partial charge in [-0.15, -0.1) is 0 Å². The van der Waals surface area contributed by atoms with Crippen LogP contribution in [0.3, 0.4) is 0 Å². The van der Waals surface area contributed by atoms with Gasteiger partial charge in [0.25, 0.3) is 0 Å². The van der Waals surface area contributed by atoms with Crippen molar-refractivity contribution in [3.05, 3.63) is 34.9 Å². The first-order chi connectivity index (χ1) is 9.22. The first-order valence-corrected chi connectivity index (χ1v) is 8.49. The number of hydrogen-bond donors (Lipinski definition) is 0. The lowest BCUT2D eigenvalue weighted by atomic mass is 10.0. The van der Waals surface area contributed by atoms with Gasteiger partial charge in [0, 0.05) is 39.4 Å². The van der Waals surface area contributed by atoms with Crippen LogP contribution in [0.2, 0.25) is 0 Å². The number of fused-ring (bicyclic) bond motifs is 1. The van der Waals surface area contributed by atoms with Gasteiger partial charge >= 0.3 is 0 Å². The maximum atomic E-state index is 4.65. The predicted octanol–water partition coefficient (Wildman–Crippen LogP) is 4.61. The Bertz CT molecular complexity index is 600. The third-order valence-corrected chi connectivity index (χ3v) is 5.40. The molecule has 1 fully saturated rings. The van der Waals surface area contributed by atoms with Crippen molar-refractivity contribution >= 4 is 48.5 Å². The number of benzene rings is 1. The van der Waals surface area contributed by atoms with Gasteiger partial charge in [0.2, 0.25) is 0 Å². The van der Waals surface area contributed by atoms with E-state index in [9.17, 15) is 0 Å². The number of alkyl halides is 1. The molecule has 0 spiro atoms. The molecule has 2 unspecified atom stereocenters. The highest BCUT2D eigenvalue weighted by Crippen LogP contribution is 2.35. The van der Waals surface area contributed by atoms with E-state index in [1.807, 2.05) is 6.20 Å². The second kappa shape index (κ2) is 5.41. The Morgan fingerprint density at radius 2 is 2.16 bits per heavy atom. The molecule has 3 rings (SSSR count). The molecule has 1 aromatic heterocycles. The quantitative estimate of drug-likeness (QED) is 0.704. The number of hydrogen-bond acceptors (Lipinski definition) is 2. The Morgan fingerprint density at radius 1 is 1.32 bits per heavy atom. The van der Waals surface area contributed by atoms with E-state index >= 15 is 0 Å². The van der Waals surface area contributed by atoms with Crippen LogP contribution < -0.4 is 4.90 Å².